The van der Waals surface area contributed by atoms with E-state index in [2.05, 4.69) is 30.8 Å². The van der Waals surface area contributed by atoms with E-state index in [4.69, 9.17) is 0 Å². The summed E-state index contributed by atoms with van der Waals surface area (Å²) in [5.74, 6) is -3.06. The highest BCUT2D eigenvalue weighted by atomic mass is 32.1. The van der Waals surface area contributed by atoms with Crippen molar-refractivity contribution in [1.29, 1.82) is 0 Å². The van der Waals surface area contributed by atoms with E-state index in [1.807, 2.05) is 33.7 Å². The smallest absolute Gasteiger partial charge is 0.255 e. The van der Waals surface area contributed by atoms with Gasteiger partial charge in [-0.3, -0.25) is 39.5 Å². The van der Waals surface area contributed by atoms with Crippen LogP contribution in [0.5, 0.6) is 0 Å². The molecule has 15 nitrogen and oxygen atoms in total. The standard InChI is InChI=1S/C47H47F3N10O5S/c48-35-23-29(22-32-33(35)25-60(45(32)65)42(44(64)55-46-51-13-21-66-46)41-38-2-1-14-59(38)27-52-41)28-3-6-31(7-4-28)57-17-19-58(20-18-57)40(62)26-56-15-11-47(50,12-16-56)34-8-5-30(24-36(34)49)53-37-9-10-39(61)54-43(37)63/h3-8,13,21-24,27,37,42,53H,1-2,9-12,14-20,25-26H2,(H,51,55,64)(H,54,61,63). The van der Waals surface area contributed by atoms with Gasteiger partial charge in [0.1, 0.15) is 23.3 Å². The number of amides is 5. The Balaban J connectivity index is 0.731. The Morgan fingerprint density at radius 1 is 0.894 bits per heavy atom. The lowest BCUT2D eigenvalue weighted by atomic mass is 9.85. The predicted molar refractivity (Wildman–Crippen MR) is 239 cm³/mol. The van der Waals surface area contributed by atoms with Crippen LogP contribution in [0.1, 0.15) is 71.0 Å². The van der Waals surface area contributed by atoms with Crippen molar-refractivity contribution in [2.45, 2.75) is 69.4 Å². The van der Waals surface area contributed by atoms with E-state index < -0.39 is 47.1 Å². The summed E-state index contributed by atoms with van der Waals surface area (Å²) in [6.45, 7) is 3.53. The van der Waals surface area contributed by atoms with E-state index >= 15 is 13.2 Å². The van der Waals surface area contributed by atoms with Gasteiger partial charge >= 0.3 is 0 Å². The second-order valence-electron chi connectivity index (χ2n) is 17.5. The summed E-state index contributed by atoms with van der Waals surface area (Å²) in [5, 5.41) is 10.1. The number of imidazole rings is 1. The Kier molecular flexibility index (Phi) is 11.6. The van der Waals surface area contributed by atoms with Crippen LogP contribution in [0.15, 0.2) is 72.5 Å². The lowest BCUT2D eigenvalue weighted by Gasteiger charge is -2.39. The first kappa shape index (κ1) is 43.3. The fourth-order valence-corrected chi connectivity index (χ4v) is 10.4. The Labute approximate surface area is 382 Å². The number of aromatic nitrogens is 3. The van der Waals surface area contributed by atoms with E-state index in [1.165, 1.54) is 34.4 Å². The highest BCUT2D eigenvalue weighted by Gasteiger charge is 2.43. The number of halogens is 3. The molecule has 2 atom stereocenters. The van der Waals surface area contributed by atoms with E-state index in [0.717, 1.165) is 30.8 Å². The van der Waals surface area contributed by atoms with Gasteiger partial charge in [-0.2, -0.15) is 0 Å². The summed E-state index contributed by atoms with van der Waals surface area (Å²) in [6.07, 6.45) is 5.39. The number of benzene rings is 3. The Morgan fingerprint density at radius 2 is 1.68 bits per heavy atom. The highest BCUT2D eigenvalue weighted by Crippen LogP contribution is 2.40. The van der Waals surface area contributed by atoms with E-state index in [9.17, 15) is 24.0 Å². The summed E-state index contributed by atoms with van der Waals surface area (Å²) >= 11 is 1.26. The Morgan fingerprint density at radius 3 is 2.41 bits per heavy atom. The van der Waals surface area contributed by atoms with Gasteiger partial charge in [0.05, 0.1) is 25.1 Å². The van der Waals surface area contributed by atoms with Crippen LogP contribution in [-0.4, -0.2) is 111 Å². The van der Waals surface area contributed by atoms with Crippen LogP contribution in [0.4, 0.5) is 29.7 Å². The molecular weight excluding hydrogens is 874 g/mol. The normalized spacial score (nSPS) is 20.0. The summed E-state index contributed by atoms with van der Waals surface area (Å²) in [5.41, 5.74) is 2.34. The Bertz CT molecular complexity index is 2720. The summed E-state index contributed by atoms with van der Waals surface area (Å²) in [7, 11) is 0. The molecule has 66 heavy (non-hydrogen) atoms. The number of carbonyl (C=O) groups excluding carboxylic acids is 5. The predicted octanol–water partition coefficient (Wildman–Crippen LogP) is 5.39. The van der Waals surface area contributed by atoms with Crippen LogP contribution < -0.4 is 20.9 Å². The molecule has 2 unspecified atom stereocenters. The molecule has 3 saturated heterocycles. The van der Waals surface area contributed by atoms with Gasteiger partial charge in [0, 0.05) is 97.6 Å². The zero-order chi connectivity index (χ0) is 45.7. The van der Waals surface area contributed by atoms with Crippen LogP contribution in [-0.2, 0) is 44.4 Å². The quantitative estimate of drug-likeness (QED) is 0.146. The van der Waals surface area contributed by atoms with Crippen molar-refractivity contribution >= 4 is 57.4 Å². The topological polar surface area (TPSA) is 165 Å². The van der Waals surface area contributed by atoms with Crippen molar-refractivity contribution in [3.63, 3.8) is 0 Å². The lowest BCUT2D eigenvalue weighted by Crippen LogP contribution is -2.52. The molecule has 5 aromatic rings. The number of alkyl halides is 1. The molecule has 3 N–H and O–H groups in total. The molecule has 3 fully saturated rings. The number of nitrogens with one attached hydrogen (secondary N) is 3. The molecular formula is C47H47F3N10O5S. The summed E-state index contributed by atoms with van der Waals surface area (Å²) in [4.78, 5) is 81.0. The largest absolute Gasteiger partial charge is 0.374 e. The third-order valence-corrected chi connectivity index (χ3v) is 14.2. The van der Waals surface area contributed by atoms with Gasteiger partial charge in [0.2, 0.25) is 17.7 Å². The van der Waals surface area contributed by atoms with Crippen molar-refractivity contribution in [1.82, 2.24) is 34.6 Å². The fourth-order valence-electron chi connectivity index (χ4n) is 9.87. The number of rotatable bonds is 11. The molecule has 0 aliphatic carbocycles. The maximum absolute atomic E-state index is 16.2. The minimum absolute atomic E-state index is 0.0228. The zero-order valence-corrected chi connectivity index (χ0v) is 36.7. The number of fused-ring (bicyclic) bond motifs is 2. The first-order valence-electron chi connectivity index (χ1n) is 22.2. The minimum atomic E-state index is -1.90. The van der Waals surface area contributed by atoms with Gasteiger partial charge in [-0.1, -0.05) is 18.2 Å². The molecule has 342 valence electrons. The van der Waals surface area contributed by atoms with Crippen LogP contribution in [0.2, 0.25) is 0 Å². The zero-order valence-electron chi connectivity index (χ0n) is 35.9. The Hall–Kier alpha value is -6.60. The number of aryl methyl sites for hydroxylation is 1. The number of likely N-dealkylation sites (tertiary alicyclic amines) is 1. The molecule has 0 spiro atoms. The molecule has 0 bridgehead atoms. The SMILES string of the molecule is O=C1CCC(Nc2ccc(C3(F)CCN(CC(=O)N4CCN(c5ccc(-c6cc(F)c7c(c6)C(=O)N(C(C(=O)Nc6nccs6)c6ncn8c6CCC8)C7)cc5)CC4)CC3)c(F)c2)C(=O)N1. The van der Waals surface area contributed by atoms with Crippen LogP contribution in [0.25, 0.3) is 11.1 Å². The molecule has 3 aromatic carbocycles. The second kappa shape index (κ2) is 17.7. The molecule has 19 heteroatoms. The first-order valence-corrected chi connectivity index (χ1v) is 23.1. The highest BCUT2D eigenvalue weighted by molar-refractivity contribution is 7.13. The molecule has 2 aromatic heterocycles. The number of piperidine rings is 2. The number of hydrogen-bond donors (Lipinski definition) is 3. The van der Waals surface area contributed by atoms with Crippen molar-refractivity contribution in [2.75, 3.05) is 61.3 Å². The van der Waals surface area contributed by atoms with Crippen LogP contribution in [0, 0.1) is 11.6 Å². The molecule has 0 radical (unpaired) electrons. The number of hydrogen-bond acceptors (Lipinski definition) is 11. The average molecular weight is 921 g/mol. The van der Waals surface area contributed by atoms with Crippen molar-refractivity contribution in [2.24, 2.45) is 0 Å². The maximum atomic E-state index is 16.2. The molecule has 5 amide bonds. The number of carbonyl (C=O) groups is 5. The summed E-state index contributed by atoms with van der Waals surface area (Å²) in [6, 6.07) is 13.1. The minimum Gasteiger partial charge on any atom is -0.374 e. The lowest BCUT2D eigenvalue weighted by molar-refractivity contribution is -0.134. The van der Waals surface area contributed by atoms with Gasteiger partial charge in [-0.25, -0.2) is 23.1 Å². The number of nitrogens with zero attached hydrogens (tertiary/aromatic N) is 7. The van der Waals surface area contributed by atoms with Gasteiger partial charge in [-0.15, -0.1) is 11.3 Å². The van der Waals surface area contributed by atoms with Gasteiger partial charge in [0.15, 0.2) is 11.2 Å². The molecule has 10 rings (SSSR count). The summed E-state index contributed by atoms with van der Waals surface area (Å²) < 4.78 is 49.4. The van der Waals surface area contributed by atoms with Crippen LogP contribution in [0.3, 0.4) is 0 Å². The van der Waals surface area contributed by atoms with Crippen LogP contribution >= 0.6 is 11.3 Å². The number of imide groups is 1. The third kappa shape index (κ3) is 8.40. The van der Waals surface area contributed by atoms with Gasteiger partial charge < -0.3 is 24.6 Å². The fraction of sp³-hybridized carbons (Fsp3) is 0.383. The monoisotopic (exact) mass is 920 g/mol. The number of anilines is 3. The first-order chi connectivity index (χ1) is 31.9. The molecule has 5 aliphatic heterocycles. The van der Waals surface area contributed by atoms with E-state index in [1.54, 1.807) is 34.9 Å². The van der Waals surface area contributed by atoms with Gasteiger partial charge in [0.25, 0.3) is 11.8 Å². The van der Waals surface area contributed by atoms with Crippen molar-refractivity contribution < 1.29 is 37.1 Å². The number of piperazine rings is 1. The second-order valence-corrected chi connectivity index (χ2v) is 18.4. The van der Waals surface area contributed by atoms with E-state index in [-0.39, 0.29) is 80.4 Å². The molecule has 7 heterocycles. The van der Waals surface area contributed by atoms with Crippen molar-refractivity contribution in [3.8, 4) is 11.1 Å². The third-order valence-electron chi connectivity index (χ3n) is 13.5. The molecule has 5 aliphatic rings. The maximum Gasteiger partial charge on any atom is 0.255 e. The average Bonchev–Trinajstić information content (AvgIpc) is 4.14. The van der Waals surface area contributed by atoms with Gasteiger partial charge in [-0.05, 0) is 79.6 Å². The molecule has 0 saturated carbocycles. The van der Waals surface area contributed by atoms with Crippen molar-refractivity contribution in [3.05, 3.63) is 112 Å². The van der Waals surface area contributed by atoms with E-state index in [0.29, 0.717) is 53.8 Å². The number of thiazole rings is 1.